The maximum atomic E-state index is 12.4. The van der Waals surface area contributed by atoms with Crippen LogP contribution in [-0.4, -0.2) is 46.2 Å². The number of amides is 1. The molecular weight excluding hydrogens is 332 g/mol. The van der Waals surface area contributed by atoms with Gasteiger partial charge in [-0.3, -0.25) is 9.80 Å². The van der Waals surface area contributed by atoms with Crippen molar-refractivity contribution < 1.29 is 18.3 Å². The first-order valence-electron chi connectivity index (χ1n) is 7.48. The van der Waals surface area contributed by atoms with Crippen LogP contribution in [0.2, 0.25) is 0 Å². The Morgan fingerprint density at radius 3 is 2.92 bits per heavy atom. The van der Waals surface area contributed by atoms with Crippen molar-refractivity contribution in [1.29, 1.82) is 0 Å². The summed E-state index contributed by atoms with van der Waals surface area (Å²) in [5, 5.41) is 6.48. The summed E-state index contributed by atoms with van der Waals surface area (Å²) in [5.41, 5.74) is 0.583. The third kappa shape index (κ3) is 3.94. The minimum atomic E-state index is -2.92. The van der Waals surface area contributed by atoms with E-state index in [1.54, 1.807) is 18.3 Å². The van der Waals surface area contributed by atoms with Crippen molar-refractivity contribution in [2.45, 2.75) is 13.3 Å². The second kappa shape index (κ2) is 6.89. The lowest BCUT2D eigenvalue weighted by molar-refractivity contribution is -0.0497. The third-order valence-electron chi connectivity index (χ3n) is 3.56. The molecule has 0 spiro atoms. The summed E-state index contributed by atoms with van der Waals surface area (Å²) < 4.78 is 30.7. The van der Waals surface area contributed by atoms with E-state index in [9.17, 15) is 13.6 Å². The fraction of sp³-hybridized carbons (Fsp3) is 0.250. The minimum absolute atomic E-state index is 0.0264. The quantitative estimate of drug-likeness (QED) is 0.898. The van der Waals surface area contributed by atoms with Crippen LogP contribution in [0.15, 0.2) is 36.7 Å². The first-order chi connectivity index (χ1) is 11.9. The van der Waals surface area contributed by atoms with E-state index in [1.807, 2.05) is 34.9 Å². The molecular formula is C16H17F2N5O2. The highest BCUT2D eigenvalue weighted by atomic mass is 19.3. The number of anilines is 1. The van der Waals surface area contributed by atoms with Crippen LogP contribution >= 0.6 is 0 Å². The Morgan fingerprint density at radius 1 is 1.40 bits per heavy atom. The zero-order valence-electron chi connectivity index (χ0n) is 13.7. The van der Waals surface area contributed by atoms with Crippen LogP contribution < -0.4 is 10.1 Å². The molecule has 0 fully saturated rings. The maximum absolute atomic E-state index is 12.4. The number of hydrogen-bond donors (Lipinski definition) is 1. The van der Waals surface area contributed by atoms with Crippen molar-refractivity contribution in [1.82, 2.24) is 19.6 Å². The van der Waals surface area contributed by atoms with E-state index in [2.05, 4.69) is 15.0 Å². The Labute approximate surface area is 143 Å². The van der Waals surface area contributed by atoms with Crippen LogP contribution in [0.4, 0.5) is 14.5 Å². The van der Waals surface area contributed by atoms with Gasteiger partial charge in [-0.15, -0.1) is 0 Å². The number of imidazole rings is 1. The third-order valence-corrected chi connectivity index (χ3v) is 3.56. The SMILES string of the molecule is CN(C)N1C=Cc2nc(C(=O)Nc3cccc(OC(F)F)c3)cn2C1. The zero-order chi connectivity index (χ0) is 18.0. The maximum Gasteiger partial charge on any atom is 0.387 e. The Balaban J connectivity index is 1.72. The Morgan fingerprint density at radius 2 is 2.20 bits per heavy atom. The van der Waals surface area contributed by atoms with Crippen LogP contribution in [0.3, 0.4) is 0 Å². The molecule has 0 bridgehead atoms. The molecule has 0 radical (unpaired) electrons. The number of benzene rings is 1. The Hall–Kier alpha value is -2.94. The van der Waals surface area contributed by atoms with Gasteiger partial charge in [0.1, 0.15) is 23.9 Å². The first-order valence-corrected chi connectivity index (χ1v) is 7.48. The summed E-state index contributed by atoms with van der Waals surface area (Å²) in [6.45, 7) is -2.38. The topological polar surface area (TPSA) is 62.6 Å². The average molecular weight is 349 g/mol. The lowest BCUT2D eigenvalue weighted by atomic mass is 10.3. The largest absolute Gasteiger partial charge is 0.435 e. The van der Waals surface area contributed by atoms with Crippen LogP contribution in [-0.2, 0) is 6.67 Å². The van der Waals surface area contributed by atoms with Crippen LogP contribution in [0.25, 0.3) is 6.08 Å². The number of fused-ring (bicyclic) bond motifs is 1. The molecule has 2 heterocycles. The number of rotatable bonds is 5. The molecule has 7 nitrogen and oxygen atoms in total. The van der Waals surface area contributed by atoms with Gasteiger partial charge in [-0.05, 0) is 18.2 Å². The highest BCUT2D eigenvalue weighted by Gasteiger charge is 2.18. The molecule has 1 aliphatic rings. The summed E-state index contributed by atoms with van der Waals surface area (Å²) >= 11 is 0. The van der Waals surface area contributed by atoms with Gasteiger partial charge in [0.2, 0.25) is 0 Å². The van der Waals surface area contributed by atoms with Gasteiger partial charge < -0.3 is 14.6 Å². The zero-order valence-corrected chi connectivity index (χ0v) is 13.7. The van der Waals surface area contributed by atoms with Crippen molar-refractivity contribution in [3.05, 3.63) is 48.2 Å². The van der Waals surface area contributed by atoms with Gasteiger partial charge in [-0.25, -0.2) is 9.99 Å². The van der Waals surface area contributed by atoms with Gasteiger partial charge in [0.05, 0.1) is 0 Å². The summed E-state index contributed by atoms with van der Waals surface area (Å²) in [6.07, 6.45) is 5.32. The van der Waals surface area contributed by atoms with Crippen molar-refractivity contribution in [3.8, 4) is 5.75 Å². The fourth-order valence-electron chi connectivity index (χ4n) is 2.35. The van der Waals surface area contributed by atoms with E-state index >= 15 is 0 Å². The monoisotopic (exact) mass is 349 g/mol. The molecule has 132 valence electrons. The number of carbonyl (C=O) groups is 1. The van der Waals surface area contributed by atoms with E-state index in [4.69, 9.17) is 0 Å². The summed E-state index contributed by atoms with van der Waals surface area (Å²) in [4.78, 5) is 16.6. The number of nitrogens with zero attached hydrogens (tertiary/aromatic N) is 4. The Bertz CT molecular complexity index is 804. The average Bonchev–Trinajstić information content (AvgIpc) is 2.97. The number of carbonyl (C=O) groups excluding carboxylic acids is 1. The van der Waals surface area contributed by atoms with Crippen molar-refractivity contribution in [2.24, 2.45) is 0 Å². The van der Waals surface area contributed by atoms with E-state index < -0.39 is 12.5 Å². The molecule has 0 aliphatic carbocycles. The standard InChI is InChI=1S/C16H17F2N5O2/c1-21(2)23-7-6-14-20-13(9-22(14)10-23)15(24)19-11-4-3-5-12(8-11)25-16(17)18/h3-9,16H,10H2,1-2H3,(H,19,24). The van der Waals surface area contributed by atoms with Crippen LogP contribution in [0.5, 0.6) is 5.75 Å². The number of nitrogens with one attached hydrogen (secondary N) is 1. The van der Waals surface area contributed by atoms with E-state index in [1.165, 1.54) is 18.2 Å². The van der Waals surface area contributed by atoms with Gasteiger partial charge in [-0.1, -0.05) is 6.07 Å². The van der Waals surface area contributed by atoms with Gasteiger partial charge >= 0.3 is 6.61 Å². The van der Waals surface area contributed by atoms with Gasteiger partial charge in [-0.2, -0.15) is 8.78 Å². The Kier molecular flexibility index (Phi) is 4.66. The summed E-state index contributed by atoms with van der Waals surface area (Å²) in [6, 6.07) is 5.81. The number of hydrazine groups is 1. The molecule has 0 saturated heterocycles. The molecule has 1 aliphatic heterocycles. The lowest BCUT2D eigenvalue weighted by Crippen LogP contribution is -2.35. The van der Waals surface area contributed by atoms with E-state index in [0.29, 0.717) is 18.2 Å². The molecule has 1 aromatic carbocycles. The van der Waals surface area contributed by atoms with E-state index in [0.717, 1.165) is 0 Å². The van der Waals surface area contributed by atoms with Gasteiger partial charge in [0.15, 0.2) is 0 Å². The number of alkyl halides is 2. The van der Waals surface area contributed by atoms with Crippen molar-refractivity contribution in [2.75, 3.05) is 19.4 Å². The molecule has 1 aromatic heterocycles. The minimum Gasteiger partial charge on any atom is -0.435 e. The predicted molar refractivity (Wildman–Crippen MR) is 87.8 cm³/mol. The van der Waals surface area contributed by atoms with Gasteiger partial charge in [0.25, 0.3) is 5.91 Å². The highest BCUT2D eigenvalue weighted by molar-refractivity contribution is 6.03. The second-order valence-corrected chi connectivity index (χ2v) is 5.56. The molecule has 3 rings (SSSR count). The lowest BCUT2D eigenvalue weighted by Gasteiger charge is -2.30. The fourth-order valence-corrected chi connectivity index (χ4v) is 2.35. The van der Waals surface area contributed by atoms with Crippen LogP contribution in [0, 0.1) is 0 Å². The van der Waals surface area contributed by atoms with E-state index in [-0.39, 0.29) is 11.4 Å². The predicted octanol–water partition coefficient (Wildman–Crippen LogP) is 2.46. The summed E-state index contributed by atoms with van der Waals surface area (Å²) in [7, 11) is 3.82. The smallest absolute Gasteiger partial charge is 0.387 e. The molecule has 25 heavy (non-hydrogen) atoms. The normalized spacial score (nSPS) is 13.3. The molecule has 1 amide bonds. The molecule has 1 N–H and O–H groups in total. The number of aromatic nitrogens is 2. The molecule has 9 heteroatoms. The van der Waals surface area contributed by atoms with Crippen molar-refractivity contribution in [3.63, 3.8) is 0 Å². The summed E-state index contributed by atoms with van der Waals surface area (Å²) in [5.74, 6) is 0.209. The first kappa shape index (κ1) is 16.9. The molecule has 0 saturated carbocycles. The molecule has 0 atom stereocenters. The number of halogens is 2. The molecule has 0 unspecified atom stereocenters. The number of hydrogen-bond acceptors (Lipinski definition) is 5. The van der Waals surface area contributed by atoms with Gasteiger partial charge in [0, 0.05) is 38.2 Å². The highest BCUT2D eigenvalue weighted by Crippen LogP contribution is 2.20. The number of ether oxygens (including phenoxy) is 1. The molecule has 2 aromatic rings. The second-order valence-electron chi connectivity index (χ2n) is 5.56. The van der Waals surface area contributed by atoms with Crippen LogP contribution in [0.1, 0.15) is 16.3 Å². The van der Waals surface area contributed by atoms with Crippen molar-refractivity contribution >= 4 is 17.7 Å².